The zero-order valence-electron chi connectivity index (χ0n) is 11.0. The van der Waals surface area contributed by atoms with Crippen molar-refractivity contribution < 1.29 is 0 Å². The fraction of sp³-hybridized carbons (Fsp3) is 0.400. The van der Waals surface area contributed by atoms with E-state index in [-0.39, 0.29) is 6.04 Å². The van der Waals surface area contributed by atoms with Crippen molar-refractivity contribution in [1.29, 1.82) is 0 Å². The Morgan fingerprint density at radius 2 is 1.88 bits per heavy atom. The molecule has 1 heterocycles. The lowest BCUT2D eigenvalue weighted by atomic mass is 9.97. The molecule has 0 amide bonds. The predicted octanol–water partition coefficient (Wildman–Crippen LogP) is 3.69. The minimum absolute atomic E-state index is 0.0415. The minimum atomic E-state index is 0.0415. The Bertz CT molecular complexity index is 542. The summed E-state index contributed by atoms with van der Waals surface area (Å²) in [7, 11) is 0. The number of para-hydroxylation sites is 1. The lowest BCUT2D eigenvalue weighted by molar-refractivity contribution is 0.794. The number of hydrogen-bond acceptors (Lipinski definition) is 2. The summed E-state index contributed by atoms with van der Waals surface area (Å²) in [5, 5.41) is 1.18. The normalized spacial score (nSPS) is 13.3. The van der Waals surface area contributed by atoms with E-state index in [2.05, 4.69) is 45.0 Å². The summed E-state index contributed by atoms with van der Waals surface area (Å²) in [4.78, 5) is 4.76. The largest absolute Gasteiger partial charge is 0.324 e. The molecule has 0 saturated heterocycles. The third-order valence-corrected chi connectivity index (χ3v) is 3.18. The first-order valence-corrected chi connectivity index (χ1v) is 6.16. The van der Waals surface area contributed by atoms with Gasteiger partial charge in [0.2, 0.25) is 0 Å². The molecule has 0 bridgehead atoms. The standard InChI is InChI=1S/C15H20N2/c1-9(2)14-8-13(11(4)16)12-7-5-6-10(3)15(12)17-14/h5-9,11H,16H2,1-4H3. The van der Waals surface area contributed by atoms with Crippen LogP contribution in [0.2, 0.25) is 0 Å². The average Bonchev–Trinajstić information content (AvgIpc) is 2.28. The second-order valence-corrected chi connectivity index (χ2v) is 5.05. The number of fused-ring (bicyclic) bond motifs is 1. The molecule has 2 heteroatoms. The predicted molar refractivity (Wildman–Crippen MR) is 73.2 cm³/mol. The van der Waals surface area contributed by atoms with Crippen LogP contribution in [-0.2, 0) is 0 Å². The Morgan fingerprint density at radius 1 is 1.18 bits per heavy atom. The zero-order valence-corrected chi connectivity index (χ0v) is 11.0. The van der Waals surface area contributed by atoms with Crippen molar-refractivity contribution in [1.82, 2.24) is 4.98 Å². The smallest absolute Gasteiger partial charge is 0.0737 e. The Labute approximate surface area is 103 Å². The first-order valence-electron chi connectivity index (χ1n) is 6.16. The lowest BCUT2D eigenvalue weighted by Gasteiger charge is -2.15. The minimum Gasteiger partial charge on any atom is -0.324 e. The fourth-order valence-corrected chi connectivity index (χ4v) is 2.11. The van der Waals surface area contributed by atoms with Crippen molar-refractivity contribution in [3.05, 3.63) is 41.1 Å². The summed E-state index contributed by atoms with van der Waals surface area (Å²) in [6.45, 7) is 8.46. The van der Waals surface area contributed by atoms with Gasteiger partial charge in [0.15, 0.2) is 0 Å². The molecule has 1 aromatic carbocycles. The van der Waals surface area contributed by atoms with E-state index in [1.54, 1.807) is 0 Å². The number of nitrogens with two attached hydrogens (primary N) is 1. The van der Waals surface area contributed by atoms with Crippen LogP contribution in [0.15, 0.2) is 24.3 Å². The van der Waals surface area contributed by atoms with Crippen LogP contribution in [0.4, 0.5) is 0 Å². The van der Waals surface area contributed by atoms with Crippen LogP contribution in [0.3, 0.4) is 0 Å². The molecular formula is C15H20N2. The summed E-state index contributed by atoms with van der Waals surface area (Å²) >= 11 is 0. The van der Waals surface area contributed by atoms with Crippen LogP contribution in [0.25, 0.3) is 10.9 Å². The van der Waals surface area contributed by atoms with E-state index >= 15 is 0 Å². The van der Waals surface area contributed by atoms with Crippen molar-refractivity contribution in [2.75, 3.05) is 0 Å². The molecule has 1 atom stereocenters. The van der Waals surface area contributed by atoms with E-state index in [1.165, 1.54) is 16.5 Å². The molecule has 1 unspecified atom stereocenters. The molecule has 2 nitrogen and oxygen atoms in total. The molecule has 2 N–H and O–H groups in total. The van der Waals surface area contributed by atoms with E-state index < -0.39 is 0 Å². The van der Waals surface area contributed by atoms with Gasteiger partial charge in [-0.3, -0.25) is 4.98 Å². The number of rotatable bonds is 2. The summed E-state index contributed by atoms with van der Waals surface area (Å²) in [5.74, 6) is 0.427. The Hall–Kier alpha value is -1.41. The number of nitrogens with zero attached hydrogens (tertiary/aromatic N) is 1. The van der Waals surface area contributed by atoms with Gasteiger partial charge in [-0.05, 0) is 37.0 Å². The summed E-state index contributed by atoms with van der Waals surface area (Å²) in [5.41, 5.74) is 10.7. The first kappa shape index (κ1) is 12.1. The van der Waals surface area contributed by atoms with Crippen molar-refractivity contribution in [2.45, 2.75) is 39.7 Å². The van der Waals surface area contributed by atoms with Crippen molar-refractivity contribution in [2.24, 2.45) is 5.73 Å². The Balaban J connectivity index is 2.81. The van der Waals surface area contributed by atoms with Crippen LogP contribution >= 0.6 is 0 Å². The summed E-state index contributed by atoms with van der Waals surface area (Å²) in [6.07, 6.45) is 0. The fourth-order valence-electron chi connectivity index (χ4n) is 2.11. The molecule has 0 fully saturated rings. The second-order valence-electron chi connectivity index (χ2n) is 5.05. The van der Waals surface area contributed by atoms with Gasteiger partial charge >= 0.3 is 0 Å². The maximum absolute atomic E-state index is 6.07. The van der Waals surface area contributed by atoms with E-state index in [0.717, 1.165) is 11.2 Å². The van der Waals surface area contributed by atoms with Gasteiger partial charge < -0.3 is 5.73 Å². The van der Waals surface area contributed by atoms with Crippen LogP contribution < -0.4 is 5.73 Å². The van der Waals surface area contributed by atoms with Crippen LogP contribution in [0.1, 0.15) is 49.6 Å². The highest BCUT2D eigenvalue weighted by molar-refractivity contribution is 5.85. The van der Waals surface area contributed by atoms with Crippen molar-refractivity contribution in [3.63, 3.8) is 0 Å². The van der Waals surface area contributed by atoms with Gasteiger partial charge in [-0.1, -0.05) is 32.0 Å². The molecule has 17 heavy (non-hydrogen) atoms. The maximum atomic E-state index is 6.07. The molecular weight excluding hydrogens is 208 g/mol. The third-order valence-electron chi connectivity index (χ3n) is 3.18. The van der Waals surface area contributed by atoms with Crippen molar-refractivity contribution >= 4 is 10.9 Å². The summed E-state index contributed by atoms with van der Waals surface area (Å²) in [6, 6.07) is 8.47. The van der Waals surface area contributed by atoms with Crippen LogP contribution in [0, 0.1) is 6.92 Å². The maximum Gasteiger partial charge on any atom is 0.0737 e. The number of aromatic nitrogens is 1. The van der Waals surface area contributed by atoms with E-state index in [9.17, 15) is 0 Å². The molecule has 0 aliphatic heterocycles. The molecule has 0 spiro atoms. The van der Waals surface area contributed by atoms with Crippen LogP contribution in [-0.4, -0.2) is 4.98 Å². The average molecular weight is 228 g/mol. The molecule has 2 aromatic rings. The Morgan fingerprint density at radius 3 is 2.47 bits per heavy atom. The van der Waals surface area contributed by atoms with Gasteiger partial charge in [-0.15, -0.1) is 0 Å². The van der Waals surface area contributed by atoms with Gasteiger partial charge in [-0.25, -0.2) is 0 Å². The molecule has 0 aliphatic rings. The molecule has 2 rings (SSSR count). The lowest BCUT2D eigenvalue weighted by Crippen LogP contribution is -2.08. The summed E-state index contributed by atoms with van der Waals surface area (Å²) < 4.78 is 0. The van der Waals surface area contributed by atoms with Gasteiger partial charge in [-0.2, -0.15) is 0 Å². The van der Waals surface area contributed by atoms with Gasteiger partial charge in [0.1, 0.15) is 0 Å². The van der Waals surface area contributed by atoms with E-state index in [4.69, 9.17) is 10.7 Å². The number of hydrogen-bond donors (Lipinski definition) is 1. The monoisotopic (exact) mass is 228 g/mol. The Kier molecular flexibility index (Phi) is 3.16. The molecule has 90 valence electrons. The highest BCUT2D eigenvalue weighted by Gasteiger charge is 2.12. The second kappa shape index (κ2) is 4.46. The van der Waals surface area contributed by atoms with Gasteiger partial charge in [0.25, 0.3) is 0 Å². The van der Waals surface area contributed by atoms with Crippen molar-refractivity contribution in [3.8, 4) is 0 Å². The van der Waals surface area contributed by atoms with Crippen LogP contribution in [0.5, 0.6) is 0 Å². The topological polar surface area (TPSA) is 38.9 Å². The molecule has 0 aliphatic carbocycles. The molecule has 0 saturated carbocycles. The zero-order chi connectivity index (χ0) is 12.6. The molecule has 0 radical (unpaired) electrons. The molecule has 1 aromatic heterocycles. The van der Waals surface area contributed by atoms with Gasteiger partial charge in [0.05, 0.1) is 5.52 Å². The highest BCUT2D eigenvalue weighted by atomic mass is 14.7. The third kappa shape index (κ3) is 2.18. The first-order chi connectivity index (χ1) is 8.00. The van der Waals surface area contributed by atoms with E-state index in [0.29, 0.717) is 5.92 Å². The van der Waals surface area contributed by atoms with Gasteiger partial charge in [0, 0.05) is 17.1 Å². The quantitative estimate of drug-likeness (QED) is 0.851. The highest BCUT2D eigenvalue weighted by Crippen LogP contribution is 2.27. The SMILES string of the molecule is Cc1cccc2c(C(C)N)cc(C(C)C)nc12. The number of pyridine rings is 1. The number of aryl methyl sites for hydroxylation is 1. The van der Waals surface area contributed by atoms with E-state index in [1.807, 2.05) is 6.92 Å². The number of benzene rings is 1.